The number of amides is 1. The molecule has 4 heteroatoms. The molecule has 18 heavy (non-hydrogen) atoms. The van der Waals surface area contributed by atoms with E-state index in [1.807, 2.05) is 38.1 Å². The van der Waals surface area contributed by atoms with Crippen molar-refractivity contribution < 1.29 is 9.90 Å². The van der Waals surface area contributed by atoms with Gasteiger partial charge in [-0.25, -0.2) is 0 Å². The van der Waals surface area contributed by atoms with E-state index in [0.29, 0.717) is 6.54 Å². The number of fused-ring (bicyclic) bond motifs is 1. The van der Waals surface area contributed by atoms with E-state index in [9.17, 15) is 4.79 Å². The molecule has 0 aromatic heterocycles. The van der Waals surface area contributed by atoms with Crippen molar-refractivity contribution in [2.75, 3.05) is 18.5 Å². The fraction of sp³-hybridized carbons (Fsp3) is 0.500. The molecule has 1 aliphatic heterocycles. The lowest BCUT2D eigenvalue weighted by atomic mass is 9.95. The molecule has 0 unspecified atom stereocenters. The Bertz CT molecular complexity index is 418. The van der Waals surface area contributed by atoms with Crippen molar-refractivity contribution in [2.45, 2.75) is 26.3 Å². The third kappa shape index (κ3) is 2.82. The molecule has 1 amide bonds. The van der Waals surface area contributed by atoms with E-state index < -0.39 is 0 Å². The number of aliphatic hydroxyl groups is 1. The molecule has 0 fully saturated rings. The van der Waals surface area contributed by atoms with Crippen LogP contribution in [0, 0.1) is 5.41 Å². The molecule has 2 rings (SSSR count). The highest BCUT2D eigenvalue weighted by molar-refractivity contribution is 5.87. The minimum atomic E-state index is -0.277. The Kier molecular flexibility index (Phi) is 3.57. The molecule has 1 aliphatic rings. The Morgan fingerprint density at radius 2 is 2.22 bits per heavy atom. The summed E-state index contributed by atoms with van der Waals surface area (Å²) in [5.41, 5.74) is 1.94. The van der Waals surface area contributed by atoms with Crippen LogP contribution in [0.5, 0.6) is 0 Å². The van der Waals surface area contributed by atoms with E-state index >= 15 is 0 Å². The van der Waals surface area contributed by atoms with Crippen molar-refractivity contribution in [3.63, 3.8) is 0 Å². The van der Waals surface area contributed by atoms with Gasteiger partial charge in [0.05, 0.1) is 0 Å². The van der Waals surface area contributed by atoms with Crippen molar-refractivity contribution in [3.05, 3.63) is 29.8 Å². The Balaban J connectivity index is 1.90. The molecular formula is C14H20N2O2. The van der Waals surface area contributed by atoms with Crippen LogP contribution in [0.2, 0.25) is 0 Å². The number of rotatable bonds is 4. The Hall–Kier alpha value is -1.55. The lowest BCUT2D eigenvalue weighted by Gasteiger charge is -2.23. The summed E-state index contributed by atoms with van der Waals surface area (Å²) in [6.45, 7) is 4.39. The van der Waals surface area contributed by atoms with Crippen molar-refractivity contribution in [1.82, 2.24) is 5.32 Å². The summed E-state index contributed by atoms with van der Waals surface area (Å²) in [6, 6.07) is 7.77. The van der Waals surface area contributed by atoms with Gasteiger partial charge >= 0.3 is 0 Å². The second-order valence-electron chi connectivity index (χ2n) is 5.60. The van der Waals surface area contributed by atoms with Crippen molar-refractivity contribution >= 4 is 11.6 Å². The Labute approximate surface area is 107 Å². The molecular weight excluding hydrogens is 228 g/mol. The maximum Gasteiger partial charge on any atom is 0.242 e. The van der Waals surface area contributed by atoms with Gasteiger partial charge in [-0.2, -0.15) is 0 Å². The number of benzene rings is 1. The fourth-order valence-electron chi connectivity index (χ4n) is 1.96. The van der Waals surface area contributed by atoms with Gasteiger partial charge < -0.3 is 15.7 Å². The predicted molar refractivity (Wildman–Crippen MR) is 71.4 cm³/mol. The smallest absolute Gasteiger partial charge is 0.242 e. The summed E-state index contributed by atoms with van der Waals surface area (Å²) in [7, 11) is 0. The molecule has 0 bridgehead atoms. The standard InChI is InChI=1S/C14H20N2O2/c1-14(2,9-17)8-15-13(18)12-7-10-5-3-4-6-11(10)16-12/h3-6,12,16-17H,7-9H2,1-2H3,(H,15,18)/t12-/m0/s1. The summed E-state index contributed by atoms with van der Waals surface area (Å²) >= 11 is 0. The van der Waals surface area contributed by atoms with Crippen LogP contribution in [0.3, 0.4) is 0 Å². The lowest BCUT2D eigenvalue weighted by molar-refractivity contribution is -0.122. The normalized spacial score (nSPS) is 18.1. The van der Waals surface area contributed by atoms with Crippen molar-refractivity contribution in [2.24, 2.45) is 5.41 Å². The number of nitrogens with one attached hydrogen (secondary N) is 2. The zero-order valence-corrected chi connectivity index (χ0v) is 10.9. The van der Waals surface area contributed by atoms with Gasteiger partial charge in [-0.3, -0.25) is 4.79 Å². The van der Waals surface area contributed by atoms with Crippen LogP contribution in [-0.2, 0) is 11.2 Å². The average Bonchev–Trinajstić information content (AvgIpc) is 2.80. The van der Waals surface area contributed by atoms with Gasteiger partial charge in [-0.15, -0.1) is 0 Å². The summed E-state index contributed by atoms with van der Waals surface area (Å²) in [4.78, 5) is 12.0. The zero-order chi connectivity index (χ0) is 13.2. The molecule has 0 aliphatic carbocycles. The molecule has 0 saturated heterocycles. The number of aliphatic hydroxyl groups excluding tert-OH is 1. The minimum Gasteiger partial charge on any atom is -0.396 e. The van der Waals surface area contributed by atoms with Gasteiger partial charge in [0.25, 0.3) is 0 Å². The number of para-hydroxylation sites is 1. The summed E-state index contributed by atoms with van der Waals surface area (Å²) in [5.74, 6) is -0.00674. The van der Waals surface area contributed by atoms with Crippen molar-refractivity contribution in [1.29, 1.82) is 0 Å². The maximum atomic E-state index is 12.0. The fourth-order valence-corrected chi connectivity index (χ4v) is 1.96. The van der Waals surface area contributed by atoms with Crippen LogP contribution in [0.1, 0.15) is 19.4 Å². The number of hydrogen-bond acceptors (Lipinski definition) is 3. The molecule has 1 heterocycles. The first kappa shape index (κ1) is 12.9. The second-order valence-corrected chi connectivity index (χ2v) is 5.60. The van der Waals surface area contributed by atoms with E-state index in [4.69, 9.17) is 5.11 Å². The van der Waals surface area contributed by atoms with Gasteiger partial charge in [0.15, 0.2) is 0 Å². The lowest BCUT2D eigenvalue weighted by Crippen LogP contribution is -2.43. The number of anilines is 1. The van der Waals surface area contributed by atoms with Gasteiger partial charge in [0.1, 0.15) is 6.04 Å². The molecule has 1 aromatic rings. The minimum absolute atomic E-state index is 0.00674. The molecule has 3 N–H and O–H groups in total. The predicted octanol–water partition coefficient (Wildman–Crippen LogP) is 1.16. The number of hydrogen-bond donors (Lipinski definition) is 3. The van der Waals surface area contributed by atoms with Crippen LogP contribution in [-0.4, -0.2) is 30.2 Å². The van der Waals surface area contributed by atoms with Crippen LogP contribution in [0.4, 0.5) is 5.69 Å². The molecule has 1 aromatic carbocycles. The molecule has 0 saturated carbocycles. The zero-order valence-electron chi connectivity index (χ0n) is 10.9. The van der Waals surface area contributed by atoms with Crippen molar-refractivity contribution in [3.8, 4) is 0 Å². The monoisotopic (exact) mass is 248 g/mol. The third-order valence-corrected chi connectivity index (χ3v) is 3.26. The summed E-state index contributed by atoms with van der Waals surface area (Å²) in [6.07, 6.45) is 0.724. The quantitative estimate of drug-likeness (QED) is 0.749. The highest BCUT2D eigenvalue weighted by atomic mass is 16.3. The first-order valence-corrected chi connectivity index (χ1v) is 6.25. The summed E-state index contributed by atoms with van der Waals surface area (Å²) < 4.78 is 0. The molecule has 1 atom stereocenters. The highest BCUT2D eigenvalue weighted by Crippen LogP contribution is 2.25. The van der Waals surface area contributed by atoms with Gasteiger partial charge in [-0.1, -0.05) is 32.0 Å². The molecule has 98 valence electrons. The van der Waals surface area contributed by atoms with Crippen LogP contribution < -0.4 is 10.6 Å². The molecule has 0 radical (unpaired) electrons. The van der Waals surface area contributed by atoms with E-state index in [2.05, 4.69) is 10.6 Å². The Morgan fingerprint density at radius 1 is 1.50 bits per heavy atom. The average molecular weight is 248 g/mol. The van der Waals surface area contributed by atoms with Gasteiger partial charge in [-0.05, 0) is 11.6 Å². The molecule has 4 nitrogen and oxygen atoms in total. The van der Waals surface area contributed by atoms with E-state index in [1.54, 1.807) is 0 Å². The van der Waals surface area contributed by atoms with E-state index in [-0.39, 0.29) is 24.0 Å². The highest BCUT2D eigenvalue weighted by Gasteiger charge is 2.27. The summed E-state index contributed by atoms with van der Waals surface area (Å²) in [5, 5.41) is 15.3. The SMILES string of the molecule is CC(C)(CO)CNC(=O)[C@@H]1Cc2ccccc2N1. The molecule has 0 spiro atoms. The third-order valence-electron chi connectivity index (χ3n) is 3.26. The van der Waals surface area contributed by atoms with E-state index in [0.717, 1.165) is 12.1 Å². The van der Waals surface area contributed by atoms with Crippen LogP contribution in [0.15, 0.2) is 24.3 Å². The second kappa shape index (κ2) is 4.98. The number of carbonyl (C=O) groups is 1. The maximum absolute atomic E-state index is 12.0. The first-order chi connectivity index (χ1) is 8.52. The topological polar surface area (TPSA) is 61.4 Å². The van der Waals surface area contributed by atoms with E-state index in [1.165, 1.54) is 5.56 Å². The van der Waals surface area contributed by atoms with Gasteiger partial charge in [0.2, 0.25) is 5.91 Å². The Morgan fingerprint density at radius 3 is 2.89 bits per heavy atom. The number of carbonyl (C=O) groups excluding carboxylic acids is 1. The van der Waals surface area contributed by atoms with Crippen LogP contribution >= 0.6 is 0 Å². The van der Waals surface area contributed by atoms with Crippen LogP contribution in [0.25, 0.3) is 0 Å². The van der Waals surface area contributed by atoms with Gasteiger partial charge in [0, 0.05) is 30.7 Å². The first-order valence-electron chi connectivity index (χ1n) is 6.25. The largest absolute Gasteiger partial charge is 0.396 e.